The van der Waals surface area contributed by atoms with E-state index in [-0.39, 0.29) is 24.7 Å². The molecule has 1 unspecified atom stereocenters. The van der Waals surface area contributed by atoms with Crippen molar-refractivity contribution in [2.45, 2.75) is 32.0 Å². The lowest BCUT2D eigenvalue weighted by Crippen LogP contribution is -2.41. The predicted octanol–water partition coefficient (Wildman–Crippen LogP) is 2.35. The third-order valence-corrected chi connectivity index (χ3v) is 3.72. The van der Waals surface area contributed by atoms with Crippen molar-refractivity contribution < 1.29 is 27.5 Å². The molecule has 1 heterocycles. The van der Waals surface area contributed by atoms with Crippen LogP contribution in [-0.4, -0.2) is 37.6 Å². The van der Waals surface area contributed by atoms with Gasteiger partial charge in [0.15, 0.2) is 0 Å². The number of hydrogen-bond donors (Lipinski definition) is 1. The minimum Gasteiger partial charge on any atom is -0.368 e. The van der Waals surface area contributed by atoms with Crippen LogP contribution in [0.5, 0.6) is 0 Å². The predicted molar refractivity (Wildman–Crippen MR) is 81.5 cm³/mol. The Labute approximate surface area is 137 Å². The Kier molecular flexibility index (Phi) is 5.82. The van der Waals surface area contributed by atoms with Crippen LogP contribution in [0.25, 0.3) is 0 Å². The van der Waals surface area contributed by atoms with Crippen LogP contribution in [0.3, 0.4) is 0 Å². The van der Waals surface area contributed by atoms with Gasteiger partial charge in [0.1, 0.15) is 6.10 Å². The van der Waals surface area contributed by atoms with Gasteiger partial charge >= 0.3 is 6.18 Å². The molecule has 1 atom stereocenters. The molecule has 8 heteroatoms. The maximum Gasteiger partial charge on any atom is 0.416 e. The van der Waals surface area contributed by atoms with Gasteiger partial charge in [0.05, 0.1) is 5.56 Å². The molecule has 24 heavy (non-hydrogen) atoms. The summed E-state index contributed by atoms with van der Waals surface area (Å²) in [5.41, 5.74) is -0.682. The molecule has 5 nitrogen and oxygen atoms in total. The van der Waals surface area contributed by atoms with Crippen molar-refractivity contribution in [2.75, 3.05) is 24.6 Å². The Morgan fingerprint density at radius 1 is 1.38 bits per heavy atom. The van der Waals surface area contributed by atoms with E-state index in [1.54, 1.807) is 0 Å². The Hall–Kier alpha value is -2.09. The number of hydrogen-bond acceptors (Lipinski definition) is 3. The number of nitrogens with zero attached hydrogens (tertiary/aromatic N) is 1. The summed E-state index contributed by atoms with van der Waals surface area (Å²) in [6, 6.07) is 4.54. The lowest BCUT2D eigenvalue weighted by molar-refractivity contribution is -0.137. The normalized spacial score (nSPS) is 17.6. The van der Waals surface area contributed by atoms with Crippen LogP contribution >= 0.6 is 0 Å². The summed E-state index contributed by atoms with van der Waals surface area (Å²) in [4.78, 5) is 24.8. The summed E-state index contributed by atoms with van der Waals surface area (Å²) in [5, 5.41) is 2.64. The molecule has 1 saturated heterocycles. The molecule has 1 fully saturated rings. The first-order valence-electron chi connectivity index (χ1n) is 7.63. The number of carbonyl (C=O) groups excluding carboxylic acids is 2. The monoisotopic (exact) mass is 344 g/mol. The number of benzene rings is 1. The van der Waals surface area contributed by atoms with Crippen molar-refractivity contribution in [3.05, 3.63) is 29.8 Å². The van der Waals surface area contributed by atoms with Crippen LogP contribution in [0.4, 0.5) is 18.9 Å². The van der Waals surface area contributed by atoms with Crippen molar-refractivity contribution in [1.82, 2.24) is 5.32 Å². The average Bonchev–Trinajstić information content (AvgIpc) is 3.04. The quantitative estimate of drug-likeness (QED) is 0.892. The first-order chi connectivity index (χ1) is 11.3. The number of anilines is 1. The fourth-order valence-corrected chi connectivity index (χ4v) is 2.51. The van der Waals surface area contributed by atoms with E-state index in [2.05, 4.69) is 5.32 Å². The highest BCUT2D eigenvalue weighted by Gasteiger charge is 2.31. The van der Waals surface area contributed by atoms with E-state index in [9.17, 15) is 22.8 Å². The smallest absolute Gasteiger partial charge is 0.368 e. The van der Waals surface area contributed by atoms with Gasteiger partial charge in [-0.3, -0.25) is 9.59 Å². The molecular formula is C16H19F3N2O3. The molecular weight excluding hydrogens is 325 g/mol. The lowest BCUT2D eigenvalue weighted by Gasteiger charge is -2.23. The molecule has 132 valence electrons. The molecule has 1 aromatic rings. The lowest BCUT2D eigenvalue weighted by atomic mass is 10.1. The van der Waals surface area contributed by atoms with Gasteiger partial charge < -0.3 is 15.0 Å². The minimum absolute atomic E-state index is 0.0785. The first-order valence-corrected chi connectivity index (χ1v) is 7.63. The van der Waals surface area contributed by atoms with Gasteiger partial charge in [0.2, 0.25) is 11.8 Å². The van der Waals surface area contributed by atoms with Crippen molar-refractivity contribution in [1.29, 1.82) is 0 Å². The van der Waals surface area contributed by atoms with E-state index in [0.717, 1.165) is 18.6 Å². The van der Waals surface area contributed by atoms with Crippen molar-refractivity contribution >= 4 is 17.5 Å². The van der Waals surface area contributed by atoms with Crippen LogP contribution in [0, 0.1) is 0 Å². The molecule has 0 aliphatic carbocycles. The zero-order valence-corrected chi connectivity index (χ0v) is 13.2. The summed E-state index contributed by atoms with van der Waals surface area (Å²) in [7, 11) is 0. The molecule has 1 N–H and O–H groups in total. The van der Waals surface area contributed by atoms with Gasteiger partial charge in [-0.25, -0.2) is 0 Å². The second kappa shape index (κ2) is 7.65. The van der Waals surface area contributed by atoms with E-state index < -0.39 is 23.8 Å². The summed E-state index contributed by atoms with van der Waals surface area (Å²) in [5.74, 6) is -0.666. The van der Waals surface area contributed by atoms with Crippen LogP contribution < -0.4 is 10.2 Å². The van der Waals surface area contributed by atoms with Gasteiger partial charge in [-0.2, -0.15) is 13.2 Å². The van der Waals surface area contributed by atoms with Gasteiger partial charge in [0.25, 0.3) is 0 Å². The number of rotatable bonds is 5. The molecule has 0 saturated carbocycles. The Bertz CT molecular complexity index is 598. The second-order valence-electron chi connectivity index (χ2n) is 5.51. The SMILES string of the molecule is CC(=O)N(CCNC(=O)C1CCCO1)c1cccc(C(F)(F)F)c1. The average molecular weight is 344 g/mol. The third kappa shape index (κ3) is 4.70. The summed E-state index contributed by atoms with van der Waals surface area (Å²) >= 11 is 0. The van der Waals surface area contributed by atoms with E-state index in [1.807, 2.05) is 0 Å². The molecule has 1 aliphatic rings. The highest BCUT2D eigenvalue weighted by molar-refractivity contribution is 5.91. The highest BCUT2D eigenvalue weighted by atomic mass is 19.4. The summed E-state index contributed by atoms with van der Waals surface area (Å²) < 4.78 is 43.6. The topological polar surface area (TPSA) is 58.6 Å². The molecule has 0 radical (unpaired) electrons. The number of halogens is 3. The van der Waals surface area contributed by atoms with Crippen LogP contribution in [-0.2, 0) is 20.5 Å². The molecule has 0 bridgehead atoms. The van der Waals surface area contributed by atoms with Gasteiger partial charge in [-0.15, -0.1) is 0 Å². The number of amides is 2. The van der Waals surface area contributed by atoms with Gasteiger partial charge in [-0.05, 0) is 31.0 Å². The zero-order valence-electron chi connectivity index (χ0n) is 13.2. The van der Waals surface area contributed by atoms with E-state index in [1.165, 1.54) is 24.0 Å². The van der Waals surface area contributed by atoms with Gasteiger partial charge in [0, 0.05) is 32.3 Å². The Balaban J connectivity index is 1.99. The minimum atomic E-state index is -4.48. The maximum absolute atomic E-state index is 12.8. The molecule has 2 amide bonds. The van der Waals surface area contributed by atoms with Crippen molar-refractivity contribution in [3.8, 4) is 0 Å². The highest BCUT2D eigenvalue weighted by Crippen LogP contribution is 2.31. The molecule has 1 aliphatic heterocycles. The fraction of sp³-hybridized carbons (Fsp3) is 0.500. The van der Waals surface area contributed by atoms with E-state index >= 15 is 0 Å². The first kappa shape index (κ1) is 18.3. The van der Waals surface area contributed by atoms with Crippen molar-refractivity contribution in [3.63, 3.8) is 0 Å². The van der Waals surface area contributed by atoms with Crippen molar-refractivity contribution in [2.24, 2.45) is 0 Å². The zero-order chi connectivity index (χ0) is 17.7. The van der Waals surface area contributed by atoms with E-state index in [0.29, 0.717) is 13.0 Å². The number of ether oxygens (including phenoxy) is 1. The van der Waals surface area contributed by atoms with Crippen LogP contribution in [0.1, 0.15) is 25.3 Å². The number of carbonyl (C=O) groups is 2. The standard InChI is InChI=1S/C16H19F3N2O3/c1-11(22)21(8-7-20-15(23)14-6-3-9-24-14)13-5-2-4-12(10-13)16(17,18)19/h2,4-5,10,14H,3,6-9H2,1H3,(H,20,23). The van der Waals surface area contributed by atoms with Gasteiger partial charge in [-0.1, -0.05) is 6.07 Å². The largest absolute Gasteiger partial charge is 0.416 e. The Morgan fingerprint density at radius 2 is 2.12 bits per heavy atom. The molecule has 1 aromatic carbocycles. The third-order valence-electron chi connectivity index (χ3n) is 3.72. The number of nitrogens with one attached hydrogen (secondary N) is 1. The van der Waals surface area contributed by atoms with Crippen LogP contribution in [0.15, 0.2) is 24.3 Å². The maximum atomic E-state index is 12.8. The van der Waals surface area contributed by atoms with E-state index in [4.69, 9.17) is 4.74 Å². The molecule has 0 aromatic heterocycles. The summed E-state index contributed by atoms with van der Waals surface area (Å²) in [6.07, 6.45) is -3.49. The molecule has 2 rings (SSSR count). The second-order valence-corrected chi connectivity index (χ2v) is 5.51. The van der Waals surface area contributed by atoms with Crippen LogP contribution in [0.2, 0.25) is 0 Å². The Morgan fingerprint density at radius 3 is 2.71 bits per heavy atom. The summed E-state index contributed by atoms with van der Waals surface area (Å²) in [6.45, 7) is 2.02. The number of alkyl halides is 3. The molecule has 0 spiro atoms. The fourth-order valence-electron chi connectivity index (χ4n) is 2.51.